The average Bonchev–Trinajstić information content (AvgIpc) is 3.27. The third kappa shape index (κ3) is 48.1. The molecule has 0 aliphatic rings. The Labute approximate surface area is 383 Å². The number of allylic oxidation sites excluding steroid dienone is 10. The van der Waals surface area contributed by atoms with Gasteiger partial charge in [-0.1, -0.05) is 210 Å². The van der Waals surface area contributed by atoms with Gasteiger partial charge in [-0.15, -0.1) is 0 Å². The van der Waals surface area contributed by atoms with Crippen molar-refractivity contribution in [2.75, 3.05) is 13.2 Å². The van der Waals surface area contributed by atoms with Gasteiger partial charge in [-0.3, -0.25) is 14.4 Å². The van der Waals surface area contributed by atoms with Gasteiger partial charge >= 0.3 is 17.9 Å². The first-order chi connectivity index (χ1) is 30.5. The normalized spacial score (nSPS) is 12.5. The Morgan fingerprint density at radius 1 is 0.323 bits per heavy atom. The van der Waals surface area contributed by atoms with E-state index in [-0.39, 0.29) is 31.1 Å². The first-order valence-electron chi connectivity index (χ1n) is 26.3. The molecule has 0 aromatic heterocycles. The monoisotopic (exact) mass is 867 g/mol. The fourth-order valence-electron chi connectivity index (χ4n) is 7.23. The van der Waals surface area contributed by atoms with E-state index in [1.165, 1.54) is 128 Å². The minimum atomic E-state index is -0.784. The van der Waals surface area contributed by atoms with Crippen molar-refractivity contribution in [2.45, 2.75) is 264 Å². The summed E-state index contributed by atoms with van der Waals surface area (Å²) in [5, 5.41) is 0. The van der Waals surface area contributed by atoms with Gasteiger partial charge in [0.1, 0.15) is 13.2 Å². The summed E-state index contributed by atoms with van der Waals surface area (Å²) < 4.78 is 16.8. The first-order valence-corrected chi connectivity index (χ1v) is 26.3. The van der Waals surface area contributed by atoms with E-state index in [1.807, 2.05) is 0 Å². The maximum Gasteiger partial charge on any atom is 0.306 e. The van der Waals surface area contributed by atoms with Gasteiger partial charge in [0.25, 0.3) is 0 Å². The SMILES string of the molecule is CCCC/C=C\CCCCCCC(=O)OCC(COC(=O)CCCCCCCCCCCC/C=C\C=C/CCCCC)OC(=O)CCCCCCCC/C=C\C=C/CCCCC. The van der Waals surface area contributed by atoms with Crippen molar-refractivity contribution in [3.05, 3.63) is 60.8 Å². The summed E-state index contributed by atoms with van der Waals surface area (Å²) in [7, 11) is 0. The highest BCUT2D eigenvalue weighted by Crippen LogP contribution is 2.15. The van der Waals surface area contributed by atoms with Crippen LogP contribution in [0, 0.1) is 0 Å². The Kier molecular flexibility index (Phi) is 48.4. The topological polar surface area (TPSA) is 78.9 Å². The van der Waals surface area contributed by atoms with Crippen LogP contribution in [0.1, 0.15) is 258 Å². The number of hydrogen-bond acceptors (Lipinski definition) is 6. The summed E-state index contributed by atoms with van der Waals surface area (Å²) in [6, 6.07) is 0. The molecule has 0 saturated heterocycles. The molecule has 358 valence electrons. The first kappa shape index (κ1) is 59.1. The number of carbonyl (C=O) groups is 3. The number of hydrogen-bond donors (Lipinski definition) is 0. The molecule has 0 radical (unpaired) electrons. The van der Waals surface area contributed by atoms with Gasteiger partial charge in [-0.2, -0.15) is 0 Å². The predicted octanol–water partition coefficient (Wildman–Crippen LogP) is 17.3. The van der Waals surface area contributed by atoms with Crippen LogP contribution in [0.5, 0.6) is 0 Å². The summed E-state index contributed by atoms with van der Waals surface area (Å²) >= 11 is 0. The summed E-state index contributed by atoms with van der Waals surface area (Å²) in [5.41, 5.74) is 0. The van der Waals surface area contributed by atoms with E-state index in [1.54, 1.807) is 0 Å². The van der Waals surface area contributed by atoms with Gasteiger partial charge in [-0.25, -0.2) is 0 Å². The molecule has 0 heterocycles. The van der Waals surface area contributed by atoms with E-state index in [4.69, 9.17) is 14.2 Å². The van der Waals surface area contributed by atoms with E-state index in [0.717, 1.165) is 89.9 Å². The second-order valence-corrected chi connectivity index (χ2v) is 17.5. The zero-order chi connectivity index (χ0) is 45.1. The van der Waals surface area contributed by atoms with Gasteiger partial charge in [0.05, 0.1) is 0 Å². The van der Waals surface area contributed by atoms with Crippen molar-refractivity contribution >= 4 is 17.9 Å². The Hall–Kier alpha value is -2.89. The number of esters is 3. The van der Waals surface area contributed by atoms with Crippen LogP contribution in [0.15, 0.2) is 60.8 Å². The molecule has 0 bridgehead atoms. The molecule has 0 saturated carbocycles. The lowest BCUT2D eigenvalue weighted by atomic mass is 10.1. The zero-order valence-electron chi connectivity index (χ0n) is 40.9. The molecule has 0 spiro atoms. The molecule has 1 unspecified atom stereocenters. The molecule has 0 fully saturated rings. The van der Waals surface area contributed by atoms with Gasteiger partial charge < -0.3 is 14.2 Å². The van der Waals surface area contributed by atoms with E-state index in [0.29, 0.717) is 19.3 Å². The molecule has 6 nitrogen and oxygen atoms in total. The predicted molar refractivity (Wildman–Crippen MR) is 265 cm³/mol. The Bertz CT molecular complexity index is 1130. The van der Waals surface area contributed by atoms with Crippen LogP contribution in [0.4, 0.5) is 0 Å². The summed E-state index contributed by atoms with van der Waals surface area (Å²) in [4.78, 5) is 37.9. The molecule has 62 heavy (non-hydrogen) atoms. The molecule has 6 heteroatoms. The van der Waals surface area contributed by atoms with Crippen LogP contribution >= 0.6 is 0 Å². The van der Waals surface area contributed by atoms with Crippen LogP contribution in [-0.4, -0.2) is 37.2 Å². The van der Waals surface area contributed by atoms with Gasteiger partial charge in [0, 0.05) is 19.3 Å². The van der Waals surface area contributed by atoms with Crippen molar-refractivity contribution in [3.8, 4) is 0 Å². The lowest BCUT2D eigenvalue weighted by Crippen LogP contribution is -2.30. The summed E-state index contributed by atoms with van der Waals surface area (Å²) in [6.45, 7) is 6.52. The van der Waals surface area contributed by atoms with Gasteiger partial charge in [0.2, 0.25) is 0 Å². The maximum atomic E-state index is 12.8. The molecule has 1 atom stereocenters. The second-order valence-electron chi connectivity index (χ2n) is 17.5. The van der Waals surface area contributed by atoms with Gasteiger partial charge in [-0.05, 0) is 89.9 Å². The van der Waals surface area contributed by atoms with Crippen LogP contribution in [-0.2, 0) is 28.6 Å². The molecule has 0 amide bonds. The maximum absolute atomic E-state index is 12.8. The largest absolute Gasteiger partial charge is 0.462 e. The lowest BCUT2D eigenvalue weighted by Gasteiger charge is -2.18. The minimum Gasteiger partial charge on any atom is -0.462 e. The quantitative estimate of drug-likeness (QED) is 0.0199. The number of carbonyl (C=O) groups excluding carboxylic acids is 3. The van der Waals surface area contributed by atoms with Crippen LogP contribution in [0.2, 0.25) is 0 Å². The third-order valence-electron chi connectivity index (χ3n) is 11.3. The highest BCUT2D eigenvalue weighted by Gasteiger charge is 2.19. The zero-order valence-corrected chi connectivity index (χ0v) is 40.9. The molecule has 0 rings (SSSR count). The lowest BCUT2D eigenvalue weighted by molar-refractivity contribution is -0.167. The smallest absolute Gasteiger partial charge is 0.306 e. The average molecular weight is 867 g/mol. The van der Waals surface area contributed by atoms with E-state index >= 15 is 0 Å². The summed E-state index contributed by atoms with van der Waals surface area (Å²) in [5.74, 6) is -0.910. The fourth-order valence-corrected chi connectivity index (χ4v) is 7.23. The van der Waals surface area contributed by atoms with Crippen molar-refractivity contribution in [3.63, 3.8) is 0 Å². The van der Waals surface area contributed by atoms with E-state index in [9.17, 15) is 14.4 Å². The number of unbranched alkanes of at least 4 members (excludes halogenated alkanes) is 28. The molecule has 0 aliphatic heterocycles. The molecule has 0 aromatic rings. The minimum absolute atomic E-state index is 0.0841. The Morgan fingerprint density at radius 2 is 0.597 bits per heavy atom. The fraction of sp³-hybridized carbons (Fsp3) is 0.768. The van der Waals surface area contributed by atoms with Gasteiger partial charge in [0.15, 0.2) is 6.10 Å². The van der Waals surface area contributed by atoms with E-state index < -0.39 is 6.10 Å². The molecule has 0 aromatic carbocycles. The molecule has 0 N–H and O–H groups in total. The standard InChI is InChI=1S/C56H98O6/c1-4-7-10-13-16-19-22-24-26-27-28-29-31-32-34-37-40-43-46-49-55(58)61-52-53(51-60-54(57)48-45-42-39-36-21-18-15-12-9-6-3)62-56(59)50-47-44-41-38-35-33-30-25-23-20-17-14-11-8-5-2/h15-20,22-25,53H,4-14,21,26-52H2,1-3H3/b18-15-,19-16-,20-17-,24-22-,25-23-. The van der Waals surface area contributed by atoms with Crippen molar-refractivity contribution in [1.82, 2.24) is 0 Å². The number of ether oxygens (including phenoxy) is 3. The van der Waals surface area contributed by atoms with Crippen LogP contribution < -0.4 is 0 Å². The number of rotatable bonds is 47. The second kappa shape index (κ2) is 50.8. The Balaban J connectivity index is 4.34. The van der Waals surface area contributed by atoms with Crippen molar-refractivity contribution in [2.24, 2.45) is 0 Å². The van der Waals surface area contributed by atoms with Crippen LogP contribution in [0.25, 0.3) is 0 Å². The Morgan fingerprint density at radius 3 is 0.952 bits per heavy atom. The van der Waals surface area contributed by atoms with E-state index in [2.05, 4.69) is 81.5 Å². The summed E-state index contributed by atoms with van der Waals surface area (Å²) in [6.07, 6.45) is 62.0. The van der Waals surface area contributed by atoms with Crippen LogP contribution in [0.3, 0.4) is 0 Å². The molecular formula is C56H98O6. The van der Waals surface area contributed by atoms with Crippen molar-refractivity contribution < 1.29 is 28.6 Å². The molecule has 0 aliphatic carbocycles. The third-order valence-corrected chi connectivity index (χ3v) is 11.3. The highest BCUT2D eigenvalue weighted by atomic mass is 16.6. The molecular weight excluding hydrogens is 769 g/mol. The van der Waals surface area contributed by atoms with Crippen molar-refractivity contribution in [1.29, 1.82) is 0 Å². The highest BCUT2D eigenvalue weighted by molar-refractivity contribution is 5.71.